The Kier molecular flexibility index (Phi) is 9.77. The molecule has 0 N–H and O–H groups in total. The molecule has 1 heterocycles. The Labute approximate surface area is 402 Å². The first-order valence-corrected chi connectivity index (χ1v) is 23.7. The summed E-state index contributed by atoms with van der Waals surface area (Å²) in [7, 11) is 0. The smallest absolute Gasteiger partial charge is 0.136 e. The zero-order chi connectivity index (χ0) is 45.7. The molecular weight excluding hydrogens is 835 g/mol. The molecule has 0 spiro atoms. The summed E-state index contributed by atoms with van der Waals surface area (Å²) in [4.78, 5) is 2.37. The molecule has 0 saturated carbocycles. The molecule has 11 aromatic carbocycles. The summed E-state index contributed by atoms with van der Waals surface area (Å²) < 4.78 is 6.29. The maximum Gasteiger partial charge on any atom is 0.136 e. The van der Waals surface area contributed by atoms with Gasteiger partial charge in [0.15, 0.2) is 0 Å². The standard InChI is InChI=1S/C67H45NO/c1-4-16-46(17-5-1)47-30-32-48(33-31-47)49-34-40-54(41-35-49)68(56-44-38-51(39-45-56)58-25-15-29-64-66(58)60-23-11-13-28-63(60)69-64)55-42-36-50(37-43-55)57-24-14-27-62-65(57)59-22-10-12-26-61(59)67(62,52-18-6-2-7-19-52)53-20-8-3-9-21-53/h1-45H. The number of para-hydroxylation sites is 1. The SMILES string of the molecule is c1ccc(-c2ccc(-c3ccc(N(c4ccc(-c5cccc6c5-c5ccccc5C6(c5ccccc5)c5ccccc5)cc4)c4ccc(-c5cccc6oc7ccccc7c56)cc4)cc3)cc2)cc1. The van der Waals surface area contributed by atoms with E-state index in [9.17, 15) is 0 Å². The van der Waals surface area contributed by atoms with Crippen molar-refractivity contribution < 1.29 is 4.42 Å². The summed E-state index contributed by atoms with van der Waals surface area (Å²) in [5.74, 6) is 0. The van der Waals surface area contributed by atoms with E-state index in [-0.39, 0.29) is 0 Å². The van der Waals surface area contributed by atoms with Crippen LogP contribution < -0.4 is 4.90 Å². The lowest BCUT2D eigenvalue weighted by molar-refractivity contribution is 0.669. The Bertz CT molecular complexity index is 3740. The van der Waals surface area contributed by atoms with Crippen LogP contribution in [0.15, 0.2) is 277 Å². The van der Waals surface area contributed by atoms with Gasteiger partial charge in [0.05, 0.1) is 5.41 Å². The van der Waals surface area contributed by atoms with E-state index in [1.54, 1.807) is 0 Å². The quantitative estimate of drug-likeness (QED) is 0.144. The highest BCUT2D eigenvalue weighted by molar-refractivity contribution is 6.12. The van der Waals surface area contributed by atoms with Crippen LogP contribution in [0.3, 0.4) is 0 Å². The average molecular weight is 880 g/mol. The fourth-order valence-electron chi connectivity index (χ4n) is 11.1. The van der Waals surface area contributed by atoms with Gasteiger partial charge in [-0.15, -0.1) is 0 Å². The Morgan fingerprint density at radius 2 is 0.681 bits per heavy atom. The van der Waals surface area contributed by atoms with Gasteiger partial charge in [-0.3, -0.25) is 0 Å². The average Bonchev–Trinajstić information content (AvgIpc) is 3.97. The van der Waals surface area contributed by atoms with Crippen molar-refractivity contribution in [1.82, 2.24) is 0 Å². The molecule has 0 saturated heterocycles. The Balaban J connectivity index is 0.911. The molecule has 0 bridgehead atoms. The van der Waals surface area contributed by atoms with Crippen molar-refractivity contribution in [2.75, 3.05) is 4.90 Å². The van der Waals surface area contributed by atoms with Crippen molar-refractivity contribution in [3.63, 3.8) is 0 Å². The van der Waals surface area contributed by atoms with Crippen LogP contribution in [0.2, 0.25) is 0 Å². The first-order valence-electron chi connectivity index (χ1n) is 23.7. The molecule has 0 unspecified atom stereocenters. The highest BCUT2D eigenvalue weighted by Gasteiger charge is 2.46. The Morgan fingerprint density at radius 1 is 0.275 bits per heavy atom. The molecule has 0 atom stereocenters. The summed E-state index contributed by atoms with van der Waals surface area (Å²) in [5, 5.41) is 2.27. The maximum absolute atomic E-state index is 6.29. The Morgan fingerprint density at radius 3 is 1.29 bits per heavy atom. The summed E-state index contributed by atoms with van der Waals surface area (Å²) in [6.45, 7) is 0. The number of nitrogens with zero attached hydrogens (tertiary/aromatic N) is 1. The lowest BCUT2D eigenvalue weighted by Crippen LogP contribution is -2.28. The van der Waals surface area contributed by atoms with Crippen LogP contribution in [-0.2, 0) is 5.41 Å². The molecule has 69 heavy (non-hydrogen) atoms. The van der Waals surface area contributed by atoms with Crippen LogP contribution in [0.5, 0.6) is 0 Å². The van der Waals surface area contributed by atoms with Crippen LogP contribution in [0.4, 0.5) is 17.1 Å². The minimum Gasteiger partial charge on any atom is -0.456 e. The van der Waals surface area contributed by atoms with E-state index in [4.69, 9.17) is 4.42 Å². The molecule has 13 rings (SSSR count). The highest BCUT2D eigenvalue weighted by atomic mass is 16.3. The van der Waals surface area contributed by atoms with Crippen molar-refractivity contribution in [2.45, 2.75) is 5.41 Å². The normalized spacial score (nSPS) is 12.5. The van der Waals surface area contributed by atoms with Gasteiger partial charge in [0.2, 0.25) is 0 Å². The third kappa shape index (κ3) is 6.72. The number of rotatable bonds is 9. The number of furan rings is 1. The van der Waals surface area contributed by atoms with Crippen molar-refractivity contribution in [1.29, 1.82) is 0 Å². The van der Waals surface area contributed by atoms with Crippen LogP contribution in [0, 0.1) is 0 Å². The van der Waals surface area contributed by atoms with Crippen molar-refractivity contribution in [3.8, 4) is 55.6 Å². The number of hydrogen-bond donors (Lipinski definition) is 0. The van der Waals surface area contributed by atoms with Crippen LogP contribution in [-0.4, -0.2) is 0 Å². The molecule has 1 aromatic heterocycles. The van der Waals surface area contributed by atoms with Crippen molar-refractivity contribution in [3.05, 3.63) is 295 Å². The van der Waals surface area contributed by atoms with Crippen molar-refractivity contribution in [2.24, 2.45) is 0 Å². The van der Waals surface area contributed by atoms with Gasteiger partial charge in [0, 0.05) is 27.8 Å². The molecule has 1 aliphatic rings. The van der Waals surface area contributed by atoms with Gasteiger partial charge in [0.25, 0.3) is 0 Å². The maximum atomic E-state index is 6.29. The van der Waals surface area contributed by atoms with Gasteiger partial charge >= 0.3 is 0 Å². The number of fused-ring (bicyclic) bond motifs is 6. The minimum atomic E-state index is -0.459. The molecule has 0 radical (unpaired) electrons. The molecule has 0 aliphatic heterocycles. The topological polar surface area (TPSA) is 16.4 Å². The number of hydrogen-bond acceptors (Lipinski definition) is 2. The van der Waals surface area contributed by atoms with E-state index in [1.165, 1.54) is 66.8 Å². The predicted molar refractivity (Wildman–Crippen MR) is 287 cm³/mol. The Hall–Kier alpha value is -8.98. The minimum absolute atomic E-state index is 0.459. The molecule has 324 valence electrons. The van der Waals surface area contributed by atoms with Crippen LogP contribution in [0.25, 0.3) is 77.6 Å². The van der Waals surface area contributed by atoms with E-state index >= 15 is 0 Å². The summed E-state index contributed by atoms with van der Waals surface area (Å²) in [5.41, 5.74) is 21.7. The summed E-state index contributed by atoms with van der Waals surface area (Å²) in [6, 6.07) is 99.1. The second-order valence-electron chi connectivity index (χ2n) is 18.0. The lowest BCUT2D eigenvalue weighted by Gasteiger charge is -2.34. The molecule has 2 heteroatoms. The van der Waals surface area contributed by atoms with Crippen LogP contribution in [0.1, 0.15) is 22.3 Å². The molecule has 12 aromatic rings. The highest BCUT2D eigenvalue weighted by Crippen LogP contribution is 2.58. The summed E-state index contributed by atoms with van der Waals surface area (Å²) in [6.07, 6.45) is 0. The molecule has 0 amide bonds. The lowest BCUT2D eigenvalue weighted by atomic mass is 9.67. The van der Waals surface area contributed by atoms with Gasteiger partial charge in [-0.1, -0.05) is 224 Å². The largest absolute Gasteiger partial charge is 0.456 e. The van der Waals surface area contributed by atoms with Gasteiger partial charge in [-0.05, 0) is 126 Å². The second-order valence-corrected chi connectivity index (χ2v) is 18.0. The predicted octanol–water partition coefficient (Wildman–Crippen LogP) is 18.1. The van der Waals surface area contributed by atoms with Gasteiger partial charge in [-0.25, -0.2) is 0 Å². The van der Waals surface area contributed by atoms with E-state index in [2.05, 4.69) is 266 Å². The molecule has 1 aliphatic carbocycles. The second kappa shape index (κ2) is 16.7. The van der Waals surface area contributed by atoms with Gasteiger partial charge in [0.1, 0.15) is 11.2 Å². The third-order valence-corrected chi connectivity index (χ3v) is 14.2. The fourth-order valence-corrected chi connectivity index (χ4v) is 11.1. The van der Waals surface area contributed by atoms with E-state index in [0.717, 1.165) is 50.1 Å². The first kappa shape index (κ1) is 40.3. The molecule has 0 fully saturated rings. The van der Waals surface area contributed by atoms with E-state index in [0.29, 0.717) is 0 Å². The fraction of sp³-hybridized carbons (Fsp3) is 0.0149. The zero-order valence-corrected chi connectivity index (χ0v) is 37.8. The third-order valence-electron chi connectivity index (χ3n) is 14.2. The number of anilines is 3. The molecule has 2 nitrogen and oxygen atoms in total. The van der Waals surface area contributed by atoms with Crippen LogP contribution >= 0.6 is 0 Å². The van der Waals surface area contributed by atoms with Crippen molar-refractivity contribution >= 4 is 39.0 Å². The zero-order valence-electron chi connectivity index (χ0n) is 37.8. The van der Waals surface area contributed by atoms with E-state index < -0.39 is 5.41 Å². The monoisotopic (exact) mass is 879 g/mol. The first-order chi connectivity index (χ1) is 34.2. The summed E-state index contributed by atoms with van der Waals surface area (Å²) >= 11 is 0. The van der Waals surface area contributed by atoms with Gasteiger partial charge in [-0.2, -0.15) is 0 Å². The van der Waals surface area contributed by atoms with Gasteiger partial charge < -0.3 is 9.32 Å². The molecular formula is C67H45NO. The number of benzene rings is 11. The van der Waals surface area contributed by atoms with E-state index in [1.807, 2.05) is 12.1 Å².